The molecular weight excluding hydrogens is 761 g/mol. The summed E-state index contributed by atoms with van der Waals surface area (Å²) in [6.07, 6.45) is 9.18. The van der Waals surface area contributed by atoms with E-state index in [9.17, 15) is 0 Å². The van der Waals surface area contributed by atoms with Crippen LogP contribution in [0, 0.1) is 0 Å². The van der Waals surface area contributed by atoms with Gasteiger partial charge in [0.25, 0.3) is 0 Å². The van der Waals surface area contributed by atoms with E-state index in [-0.39, 0.29) is 17.2 Å². The first-order valence-electron chi connectivity index (χ1n) is 20.0. The van der Waals surface area contributed by atoms with E-state index in [1.165, 1.54) is 47.3 Å². The molecule has 3 aromatic heterocycles. The number of furan rings is 2. The highest BCUT2D eigenvalue weighted by Gasteiger charge is 2.42. The number of thioether (sulfide) groups is 1. The largest absolute Gasteiger partial charge is 0.456 e. The lowest BCUT2D eigenvalue weighted by molar-refractivity contribution is 0.668. The van der Waals surface area contributed by atoms with Crippen molar-refractivity contribution < 1.29 is 8.83 Å². The third-order valence-electron chi connectivity index (χ3n) is 12.1. The van der Waals surface area contributed by atoms with E-state index < -0.39 is 0 Å². The molecule has 0 radical (unpaired) electrons. The van der Waals surface area contributed by atoms with Crippen molar-refractivity contribution in [1.29, 1.82) is 0 Å². The minimum atomic E-state index is -0.103. The lowest BCUT2D eigenvalue weighted by Crippen LogP contribution is -2.33. The number of allylic oxidation sites excluding steroid dienone is 4. The Morgan fingerprint density at radius 1 is 0.542 bits per heavy atom. The zero-order chi connectivity index (χ0) is 38.6. The van der Waals surface area contributed by atoms with Crippen LogP contribution >= 0.6 is 23.1 Å². The third kappa shape index (κ3) is 5.23. The number of hydrogen-bond donors (Lipinski definition) is 0. The molecule has 2 aliphatic heterocycles. The van der Waals surface area contributed by atoms with Gasteiger partial charge in [-0.25, -0.2) is 4.99 Å². The number of para-hydroxylation sites is 1. The Hall–Kier alpha value is -6.73. The number of hydrogen-bond acceptors (Lipinski definition) is 6. The summed E-state index contributed by atoms with van der Waals surface area (Å²) in [6, 6.07) is 53.8. The van der Waals surface area contributed by atoms with Crippen molar-refractivity contribution in [2.75, 3.05) is 0 Å². The molecular formula is C53H32N2O2S2. The maximum absolute atomic E-state index is 6.48. The topological polar surface area (TPSA) is 51.0 Å². The number of amidine groups is 1. The molecule has 10 aromatic rings. The SMILES string of the molecule is C1=CC(c2ccccc2)C=C2SC3C(c4ccc5oc6ccccc6c5c4)=NC(c4ccc5oc6ccc(-c7cccc8sc9ccccc9c78)cc6c5c4)=N[C@H]3C2=C1. The highest BCUT2D eigenvalue weighted by Crippen LogP contribution is 2.49. The minimum absolute atomic E-state index is 0.0201. The smallest absolute Gasteiger partial charge is 0.155 e. The summed E-state index contributed by atoms with van der Waals surface area (Å²) in [6.45, 7) is 0. The molecule has 278 valence electrons. The van der Waals surface area contributed by atoms with Gasteiger partial charge in [-0.1, -0.05) is 109 Å². The van der Waals surface area contributed by atoms with Crippen molar-refractivity contribution in [2.45, 2.75) is 17.2 Å². The van der Waals surface area contributed by atoms with E-state index in [1.54, 1.807) is 0 Å². The van der Waals surface area contributed by atoms with Crippen LogP contribution in [0.2, 0.25) is 0 Å². The fourth-order valence-electron chi connectivity index (χ4n) is 9.31. The molecule has 0 saturated carbocycles. The molecule has 0 amide bonds. The fourth-order valence-corrected chi connectivity index (χ4v) is 11.9. The molecule has 13 rings (SSSR count). The zero-order valence-electron chi connectivity index (χ0n) is 31.5. The molecule has 5 heterocycles. The quantitative estimate of drug-likeness (QED) is 0.178. The molecule has 1 saturated heterocycles. The predicted molar refractivity (Wildman–Crippen MR) is 248 cm³/mol. The average Bonchev–Trinajstić information content (AvgIpc) is 4.02. The van der Waals surface area contributed by atoms with Gasteiger partial charge in [0.05, 0.1) is 17.0 Å². The van der Waals surface area contributed by atoms with Crippen molar-refractivity contribution in [1.82, 2.24) is 0 Å². The van der Waals surface area contributed by atoms with Crippen molar-refractivity contribution in [2.24, 2.45) is 9.98 Å². The Morgan fingerprint density at radius 2 is 1.20 bits per heavy atom. The van der Waals surface area contributed by atoms with E-state index in [0.717, 1.165) is 66.6 Å². The van der Waals surface area contributed by atoms with E-state index in [0.29, 0.717) is 0 Å². The Bertz CT molecular complexity index is 3560. The van der Waals surface area contributed by atoms with Gasteiger partial charge >= 0.3 is 0 Å². The number of rotatable bonds is 4. The maximum atomic E-state index is 6.48. The first-order valence-corrected chi connectivity index (χ1v) is 21.7. The Kier molecular flexibility index (Phi) is 7.27. The summed E-state index contributed by atoms with van der Waals surface area (Å²) in [5.41, 5.74) is 11.5. The summed E-state index contributed by atoms with van der Waals surface area (Å²) < 4.78 is 15.3. The number of benzene rings is 7. The standard InChI is InChI=1S/C53H32N2O2S2/c1-2-10-30(11-3-1)31-12-8-16-38-48(29-31)59-52-50(33-21-24-43-39(27-33)36-13-4-6-17-42(36)56-43)54-53(55-51(38)52)34-22-25-45-41(28-34)40-26-32(20-23-44(40)57-45)35-15-9-19-47-49(35)37-14-5-7-18-46(37)58-47/h1-29,31,51-52H/t31?,51-,52?/m0/s1. The second-order valence-corrected chi connectivity index (χ2v) is 17.8. The van der Waals surface area contributed by atoms with E-state index in [2.05, 4.69) is 164 Å². The highest BCUT2D eigenvalue weighted by atomic mass is 32.2. The molecule has 3 atom stereocenters. The van der Waals surface area contributed by atoms with Gasteiger partial charge in [0.2, 0.25) is 0 Å². The van der Waals surface area contributed by atoms with Gasteiger partial charge in [-0.15, -0.1) is 23.1 Å². The fraction of sp³-hybridized carbons (Fsp3) is 0.0566. The van der Waals surface area contributed by atoms with E-state index in [4.69, 9.17) is 18.8 Å². The minimum Gasteiger partial charge on any atom is -0.456 e. The normalized spacial score (nSPS) is 18.9. The molecule has 6 heteroatoms. The van der Waals surface area contributed by atoms with Crippen LogP contribution in [0.3, 0.4) is 0 Å². The van der Waals surface area contributed by atoms with Crippen molar-refractivity contribution in [3.8, 4) is 11.1 Å². The molecule has 0 N–H and O–H groups in total. The predicted octanol–water partition coefficient (Wildman–Crippen LogP) is 14.4. The van der Waals surface area contributed by atoms with Crippen molar-refractivity contribution in [3.63, 3.8) is 0 Å². The van der Waals surface area contributed by atoms with Crippen LogP contribution in [0.15, 0.2) is 205 Å². The molecule has 0 spiro atoms. The Balaban J connectivity index is 0.967. The van der Waals surface area contributed by atoms with Gasteiger partial charge in [0.1, 0.15) is 22.3 Å². The first kappa shape index (κ1) is 33.3. The van der Waals surface area contributed by atoms with Gasteiger partial charge < -0.3 is 8.83 Å². The van der Waals surface area contributed by atoms with E-state index in [1.807, 2.05) is 35.2 Å². The average molecular weight is 793 g/mol. The lowest BCUT2D eigenvalue weighted by Gasteiger charge is -2.24. The first-order chi connectivity index (χ1) is 29.2. The number of aliphatic imine (C=N–C) groups is 2. The Morgan fingerprint density at radius 3 is 2.05 bits per heavy atom. The summed E-state index contributed by atoms with van der Waals surface area (Å²) in [4.78, 5) is 12.3. The molecule has 1 fully saturated rings. The number of fused-ring (bicyclic) bond motifs is 12. The van der Waals surface area contributed by atoms with Gasteiger partial charge in [-0.3, -0.25) is 4.99 Å². The third-order valence-corrected chi connectivity index (χ3v) is 14.6. The molecule has 3 aliphatic rings. The van der Waals surface area contributed by atoms with Gasteiger partial charge in [-0.05, 0) is 94.6 Å². The van der Waals surface area contributed by atoms with Crippen LogP contribution in [0.5, 0.6) is 0 Å². The van der Waals surface area contributed by atoms with E-state index >= 15 is 0 Å². The summed E-state index contributed by atoms with van der Waals surface area (Å²) in [5, 5.41) is 6.95. The molecule has 0 bridgehead atoms. The van der Waals surface area contributed by atoms with Crippen LogP contribution in [0.4, 0.5) is 0 Å². The molecule has 59 heavy (non-hydrogen) atoms. The monoisotopic (exact) mass is 792 g/mol. The van der Waals surface area contributed by atoms with Crippen LogP contribution in [-0.4, -0.2) is 22.8 Å². The summed E-state index contributed by atoms with van der Waals surface area (Å²) >= 11 is 3.73. The van der Waals surface area contributed by atoms with Crippen LogP contribution in [0.1, 0.15) is 22.6 Å². The highest BCUT2D eigenvalue weighted by molar-refractivity contribution is 8.05. The van der Waals surface area contributed by atoms with Crippen LogP contribution < -0.4 is 0 Å². The zero-order valence-corrected chi connectivity index (χ0v) is 33.1. The molecule has 1 aliphatic carbocycles. The second kappa shape index (κ2) is 12.9. The summed E-state index contributed by atoms with van der Waals surface area (Å²) in [7, 11) is 0. The van der Waals surface area contributed by atoms with Gasteiger partial charge in [0, 0.05) is 58.1 Å². The molecule has 2 unspecified atom stereocenters. The van der Waals surface area contributed by atoms with Crippen LogP contribution in [-0.2, 0) is 0 Å². The van der Waals surface area contributed by atoms with Crippen molar-refractivity contribution >= 4 is 98.7 Å². The number of nitrogens with zero attached hydrogens (tertiary/aromatic N) is 2. The van der Waals surface area contributed by atoms with Gasteiger partial charge in [0.15, 0.2) is 5.84 Å². The molecule has 7 aromatic carbocycles. The van der Waals surface area contributed by atoms with Gasteiger partial charge in [-0.2, -0.15) is 0 Å². The molecule has 4 nitrogen and oxygen atoms in total. The lowest BCUT2D eigenvalue weighted by atomic mass is 9.93. The summed E-state index contributed by atoms with van der Waals surface area (Å²) in [5.74, 6) is 0.910. The Labute approximate surface area is 347 Å². The number of thiophene rings is 1. The van der Waals surface area contributed by atoms with Crippen LogP contribution in [0.25, 0.3) is 75.2 Å². The second-order valence-electron chi connectivity index (χ2n) is 15.5. The van der Waals surface area contributed by atoms with Crippen molar-refractivity contribution in [3.05, 3.63) is 203 Å². The maximum Gasteiger partial charge on any atom is 0.155 e.